The van der Waals surface area contributed by atoms with Gasteiger partial charge in [-0.3, -0.25) is 0 Å². The highest BCUT2D eigenvalue weighted by molar-refractivity contribution is 6.04. The van der Waals surface area contributed by atoms with E-state index in [2.05, 4.69) is 4.98 Å². The number of aryl methyl sites for hydroxylation is 1. The Morgan fingerprint density at radius 1 is 0.970 bits per heavy atom. The molecule has 0 bridgehead atoms. The smallest absolute Gasteiger partial charge is 0.339 e. The summed E-state index contributed by atoms with van der Waals surface area (Å²) >= 11 is 0. The van der Waals surface area contributed by atoms with Crippen LogP contribution in [0.25, 0.3) is 33.1 Å². The molecule has 0 atom stereocenters. The molecule has 0 radical (unpaired) electrons. The highest BCUT2D eigenvalue weighted by atomic mass is 19.1. The van der Waals surface area contributed by atoms with Crippen molar-refractivity contribution in [1.29, 1.82) is 0 Å². The Hall–Kier alpha value is -4.32. The Morgan fingerprint density at radius 3 is 2.58 bits per heavy atom. The molecule has 2 aromatic heterocycles. The highest BCUT2D eigenvalue weighted by Crippen LogP contribution is 2.26. The Balaban J connectivity index is 1.52. The van der Waals surface area contributed by atoms with E-state index in [-0.39, 0.29) is 12.4 Å². The van der Waals surface area contributed by atoms with Gasteiger partial charge in [-0.25, -0.2) is 19.0 Å². The number of benzene rings is 3. The SMILES string of the molecule is Cc1ccc2c(COC(=O)c3cc(-c4ccc(F)cc4)nc4ccccc34)cc(=O)oc2c1. The average Bonchev–Trinajstić information content (AvgIpc) is 2.81. The average molecular weight is 439 g/mol. The van der Waals surface area contributed by atoms with Gasteiger partial charge in [-0.1, -0.05) is 30.3 Å². The summed E-state index contributed by atoms with van der Waals surface area (Å²) < 4.78 is 24.3. The summed E-state index contributed by atoms with van der Waals surface area (Å²) in [5, 5.41) is 1.35. The van der Waals surface area contributed by atoms with E-state index in [1.165, 1.54) is 18.2 Å². The molecule has 6 heteroatoms. The van der Waals surface area contributed by atoms with Crippen LogP contribution in [0, 0.1) is 12.7 Å². The van der Waals surface area contributed by atoms with Gasteiger partial charge >= 0.3 is 11.6 Å². The molecule has 0 aliphatic heterocycles. The normalized spacial score (nSPS) is 11.1. The van der Waals surface area contributed by atoms with Gasteiger partial charge in [-0.15, -0.1) is 0 Å². The van der Waals surface area contributed by atoms with Crippen LogP contribution in [0.4, 0.5) is 4.39 Å². The van der Waals surface area contributed by atoms with Crippen molar-refractivity contribution >= 4 is 27.8 Å². The standard InChI is InChI=1S/C27H18FNO4/c1-16-6-11-20-18(13-26(30)33-25(20)12-16)15-32-27(31)22-14-24(17-7-9-19(28)10-8-17)29-23-5-3-2-4-21(22)23/h2-14H,15H2,1H3. The monoisotopic (exact) mass is 439 g/mol. The zero-order valence-corrected chi connectivity index (χ0v) is 17.7. The lowest BCUT2D eigenvalue weighted by Gasteiger charge is -2.11. The number of pyridine rings is 1. The summed E-state index contributed by atoms with van der Waals surface area (Å²) in [6.07, 6.45) is 0. The molecule has 0 fully saturated rings. The molecule has 0 aliphatic carbocycles. The third-order valence-corrected chi connectivity index (χ3v) is 5.42. The molecule has 33 heavy (non-hydrogen) atoms. The summed E-state index contributed by atoms with van der Waals surface area (Å²) in [6, 6.07) is 21.6. The summed E-state index contributed by atoms with van der Waals surface area (Å²) in [6.45, 7) is 1.81. The second-order valence-corrected chi connectivity index (χ2v) is 7.75. The number of aromatic nitrogens is 1. The van der Waals surface area contributed by atoms with E-state index in [1.807, 2.05) is 31.2 Å². The number of carbonyl (C=O) groups is 1. The molecular formula is C27H18FNO4. The quantitative estimate of drug-likeness (QED) is 0.261. The zero-order chi connectivity index (χ0) is 22.9. The maximum absolute atomic E-state index is 13.4. The van der Waals surface area contributed by atoms with Gasteiger partial charge < -0.3 is 9.15 Å². The Morgan fingerprint density at radius 2 is 1.76 bits per heavy atom. The van der Waals surface area contributed by atoms with E-state index in [9.17, 15) is 14.0 Å². The Bertz CT molecular complexity index is 1570. The lowest BCUT2D eigenvalue weighted by Crippen LogP contribution is -2.09. The van der Waals surface area contributed by atoms with Crippen LogP contribution >= 0.6 is 0 Å². The van der Waals surface area contributed by atoms with Crippen molar-refractivity contribution in [2.24, 2.45) is 0 Å². The van der Waals surface area contributed by atoms with Crippen molar-refractivity contribution in [3.8, 4) is 11.3 Å². The van der Waals surface area contributed by atoms with Gasteiger partial charge in [-0.2, -0.15) is 0 Å². The van der Waals surface area contributed by atoms with Crippen LogP contribution in [0.1, 0.15) is 21.5 Å². The van der Waals surface area contributed by atoms with Crippen LogP contribution in [-0.4, -0.2) is 11.0 Å². The minimum absolute atomic E-state index is 0.0907. The first kappa shape index (κ1) is 20.6. The number of rotatable bonds is 4. The lowest BCUT2D eigenvalue weighted by molar-refractivity contribution is 0.0476. The molecule has 0 saturated carbocycles. The topological polar surface area (TPSA) is 69.4 Å². The number of esters is 1. The number of halogens is 1. The van der Waals surface area contributed by atoms with Crippen LogP contribution in [0.3, 0.4) is 0 Å². The summed E-state index contributed by atoms with van der Waals surface area (Å²) in [4.78, 5) is 29.7. The van der Waals surface area contributed by atoms with E-state index in [0.717, 1.165) is 5.56 Å². The number of fused-ring (bicyclic) bond motifs is 2. The van der Waals surface area contributed by atoms with Crippen molar-refractivity contribution in [2.45, 2.75) is 13.5 Å². The van der Waals surface area contributed by atoms with E-state index >= 15 is 0 Å². The van der Waals surface area contributed by atoms with Crippen molar-refractivity contribution in [3.05, 3.63) is 112 Å². The fourth-order valence-electron chi connectivity index (χ4n) is 3.79. The molecule has 0 saturated heterocycles. The minimum atomic E-state index is -0.550. The van der Waals surface area contributed by atoms with Gasteiger partial charge in [-0.05, 0) is 55.0 Å². The summed E-state index contributed by atoms with van der Waals surface area (Å²) in [7, 11) is 0. The first-order valence-electron chi connectivity index (χ1n) is 10.3. The van der Waals surface area contributed by atoms with Crippen molar-refractivity contribution in [3.63, 3.8) is 0 Å². The van der Waals surface area contributed by atoms with E-state index in [4.69, 9.17) is 9.15 Å². The fourth-order valence-corrected chi connectivity index (χ4v) is 3.79. The van der Waals surface area contributed by atoms with Crippen LogP contribution in [0.15, 0.2) is 88.1 Å². The van der Waals surface area contributed by atoms with Gasteiger partial charge in [0.15, 0.2) is 0 Å². The number of hydrogen-bond donors (Lipinski definition) is 0. The highest BCUT2D eigenvalue weighted by Gasteiger charge is 2.16. The predicted molar refractivity (Wildman–Crippen MR) is 123 cm³/mol. The van der Waals surface area contributed by atoms with Gasteiger partial charge in [0, 0.05) is 28.0 Å². The molecule has 0 amide bonds. The molecular weight excluding hydrogens is 421 g/mol. The molecule has 2 heterocycles. The van der Waals surface area contributed by atoms with Crippen molar-refractivity contribution in [2.75, 3.05) is 0 Å². The Kier molecular flexibility index (Phi) is 5.18. The van der Waals surface area contributed by atoms with Crippen molar-refractivity contribution in [1.82, 2.24) is 4.98 Å². The molecule has 162 valence electrons. The minimum Gasteiger partial charge on any atom is -0.457 e. The molecule has 5 rings (SSSR count). The molecule has 0 N–H and O–H groups in total. The largest absolute Gasteiger partial charge is 0.457 e. The maximum atomic E-state index is 13.4. The van der Waals surface area contributed by atoms with Crippen molar-refractivity contribution < 1.29 is 18.3 Å². The van der Waals surface area contributed by atoms with Gasteiger partial charge in [0.25, 0.3) is 0 Å². The number of hydrogen-bond acceptors (Lipinski definition) is 5. The molecule has 0 unspecified atom stereocenters. The molecule has 3 aromatic carbocycles. The Labute approximate surface area is 188 Å². The van der Waals surface area contributed by atoms with Crippen LogP contribution in [-0.2, 0) is 11.3 Å². The van der Waals surface area contributed by atoms with Crippen LogP contribution in [0.2, 0.25) is 0 Å². The van der Waals surface area contributed by atoms with Crippen LogP contribution < -0.4 is 5.63 Å². The first-order valence-corrected chi connectivity index (χ1v) is 10.3. The predicted octanol–water partition coefficient (Wildman–Crippen LogP) is 5.81. The fraction of sp³-hybridized carbons (Fsp3) is 0.0741. The third kappa shape index (κ3) is 4.11. The second kappa shape index (κ2) is 8.31. The van der Waals surface area contributed by atoms with Gasteiger partial charge in [0.1, 0.15) is 18.0 Å². The summed E-state index contributed by atoms with van der Waals surface area (Å²) in [5.41, 5.74) is 3.62. The molecule has 5 aromatic rings. The second-order valence-electron chi connectivity index (χ2n) is 7.75. The van der Waals surface area contributed by atoms with Gasteiger partial charge in [0.05, 0.1) is 16.8 Å². The molecule has 0 aliphatic rings. The van der Waals surface area contributed by atoms with E-state index in [1.54, 1.807) is 36.4 Å². The van der Waals surface area contributed by atoms with E-state index < -0.39 is 11.6 Å². The molecule has 5 nitrogen and oxygen atoms in total. The van der Waals surface area contributed by atoms with Crippen LogP contribution in [0.5, 0.6) is 0 Å². The maximum Gasteiger partial charge on any atom is 0.339 e. The lowest BCUT2D eigenvalue weighted by atomic mass is 10.0. The third-order valence-electron chi connectivity index (χ3n) is 5.42. The number of nitrogens with zero attached hydrogens (tertiary/aromatic N) is 1. The zero-order valence-electron chi connectivity index (χ0n) is 17.7. The van der Waals surface area contributed by atoms with Gasteiger partial charge in [0.2, 0.25) is 0 Å². The molecule has 0 spiro atoms. The number of para-hydroxylation sites is 1. The summed E-state index contributed by atoms with van der Waals surface area (Å²) in [5.74, 6) is -0.903. The number of carbonyl (C=O) groups excluding carboxylic acids is 1. The van der Waals surface area contributed by atoms with E-state index in [0.29, 0.717) is 44.3 Å². The number of ether oxygens (including phenoxy) is 1. The first-order chi connectivity index (χ1) is 16.0.